The number of hydrogen-bond donors (Lipinski definition) is 1. The number of benzene rings is 1. The van der Waals surface area contributed by atoms with Crippen LogP contribution < -0.4 is 4.90 Å². The molecule has 2 aliphatic rings. The van der Waals surface area contributed by atoms with Gasteiger partial charge in [-0.05, 0) is 18.2 Å². The number of fused-ring (bicyclic) bond motifs is 1. The molecule has 0 aromatic heterocycles. The van der Waals surface area contributed by atoms with Gasteiger partial charge in [0.15, 0.2) is 0 Å². The number of nitrogens with zero attached hydrogens (tertiary/aromatic N) is 2. The lowest BCUT2D eigenvalue weighted by atomic mass is 10.1. The maximum Gasteiger partial charge on any atom is 0.292 e. The number of ether oxygens (including phenoxy) is 1. The second-order valence-corrected chi connectivity index (χ2v) is 6.26. The van der Waals surface area contributed by atoms with E-state index in [4.69, 9.17) is 10.1 Å². The topological polar surface area (TPSA) is 56.6 Å². The standard InChI is InChI=1S/C14H17N3O2S/c1-16(2)10-5-3-4-9(6-10)13(18)17-11-7-20-8-12(11)19-14(17)15/h3-6,11-12,15H,7-8H2,1-2H3. The zero-order chi connectivity index (χ0) is 14.3. The van der Waals surface area contributed by atoms with E-state index in [2.05, 4.69) is 0 Å². The van der Waals surface area contributed by atoms with E-state index in [9.17, 15) is 4.79 Å². The van der Waals surface area contributed by atoms with Crippen LogP contribution in [0.5, 0.6) is 0 Å². The summed E-state index contributed by atoms with van der Waals surface area (Å²) in [6.07, 6.45) is -0.0199. The molecule has 2 heterocycles. The lowest BCUT2D eigenvalue weighted by Gasteiger charge is -2.20. The second kappa shape index (κ2) is 5.01. The van der Waals surface area contributed by atoms with E-state index in [0.717, 1.165) is 17.2 Å². The number of anilines is 1. The Morgan fingerprint density at radius 2 is 2.25 bits per heavy atom. The van der Waals surface area contributed by atoms with Gasteiger partial charge < -0.3 is 9.64 Å². The van der Waals surface area contributed by atoms with Crippen LogP contribution >= 0.6 is 11.8 Å². The van der Waals surface area contributed by atoms with Crippen molar-refractivity contribution in [1.82, 2.24) is 4.90 Å². The molecule has 0 saturated carbocycles. The largest absolute Gasteiger partial charge is 0.459 e. The van der Waals surface area contributed by atoms with Gasteiger partial charge >= 0.3 is 0 Å². The molecule has 1 amide bonds. The molecular weight excluding hydrogens is 274 g/mol. The molecule has 0 spiro atoms. The Labute approximate surface area is 122 Å². The molecule has 1 N–H and O–H groups in total. The molecule has 3 rings (SSSR count). The fourth-order valence-electron chi connectivity index (χ4n) is 2.53. The Hall–Kier alpha value is -1.69. The molecule has 106 valence electrons. The maximum absolute atomic E-state index is 12.7. The summed E-state index contributed by atoms with van der Waals surface area (Å²) < 4.78 is 5.48. The predicted octanol–water partition coefficient (Wildman–Crippen LogP) is 1.64. The van der Waals surface area contributed by atoms with Gasteiger partial charge in [0, 0.05) is 36.9 Å². The van der Waals surface area contributed by atoms with Gasteiger partial charge in [-0.25, -0.2) is 0 Å². The van der Waals surface area contributed by atoms with Gasteiger partial charge in [-0.2, -0.15) is 11.8 Å². The average molecular weight is 291 g/mol. The van der Waals surface area contributed by atoms with Crippen molar-refractivity contribution in [3.05, 3.63) is 29.8 Å². The van der Waals surface area contributed by atoms with E-state index < -0.39 is 0 Å². The third-order valence-electron chi connectivity index (χ3n) is 3.64. The van der Waals surface area contributed by atoms with Crippen LogP contribution in [0, 0.1) is 5.41 Å². The molecule has 20 heavy (non-hydrogen) atoms. The summed E-state index contributed by atoms with van der Waals surface area (Å²) in [6.45, 7) is 0. The van der Waals surface area contributed by atoms with Gasteiger partial charge in [-0.1, -0.05) is 6.07 Å². The summed E-state index contributed by atoms with van der Waals surface area (Å²) in [5.74, 6) is 1.55. The fourth-order valence-corrected chi connectivity index (χ4v) is 3.79. The highest BCUT2D eigenvalue weighted by molar-refractivity contribution is 7.99. The number of amides is 1. The van der Waals surface area contributed by atoms with E-state index in [0.29, 0.717) is 5.56 Å². The molecule has 6 heteroatoms. The molecule has 2 atom stereocenters. The number of nitrogens with one attached hydrogen (secondary N) is 1. The maximum atomic E-state index is 12.7. The number of carbonyl (C=O) groups is 1. The monoisotopic (exact) mass is 291 g/mol. The quantitative estimate of drug-likeness (QED) is 0.900. The number of amidine groups is 1. The first-order chi connectivity index (χ1) is 9.58. The van der Waals surface area contributed by atoms with Crippen molar-refractivity contribution in [3.8, 4) is 0 Å². The predicted molar refractivity (Wildman–Crippen MR) is 80.7 cm³/mol. The highest BCUT2D eigenvalue weighted by Crippen LogP contribution is 2.32. The van der Waals surface area contributed by atoms with E-state index >= 15 is 0 Å². The van der Waals surface area contributed by atoms with Crippen LogP contribution in [0.15, 0.2) is 24.3 Å². The van der Waals surface area contributed by atoms with Gasteiger partial charge in [-0.15, -0.1) is 0 Å². The Balaban J connectivity index is 1.88. The molecule has 2 fully saturated rings. The highest BCUT2D eigenvalue weighted by Gasteiger charge is 2.46. The second-order valence-electron chi connectivity index (χ2n) is 5.19. The molecule has 1 aromatic carbocycles. The highest BCUT2D eigenvalue weighted by atomic mass is 32.2. The van der Waals surface area contributed by atoms with Crippen LogP contribution in [-0.2, 0) is 4.74 Å². The van der Waals surface area contributed by atoms with Crippen LogP contribution in [0.1, 0.15) is 10.4 Å². The van der Waals surface area contributed by atoms with Crippen molar-refractivity contribution < 1.29 is 9.53 Å². The van der Waals surface area contributed by atoms with Crippen LogP contribution in [0.4, 0.5) is 5.69 Å². The first kappa shape index (κ1) is 13.3. The summed E-state index contributed by atoms with van der Waals surface area (Å²) in [4.78, 5) is 16.1. The normalized spacial score (nSPS) is 24.5. The number of carbonyl (C=O) groups excluding carboxylic acids is 1. The van der Waals surface area contributed by atoms with Gasteiger partial charge in [0.1, 0.15) is 6.10 Å². The minimum absolute atomic E-state index is 0.00279. The first-order valence-corrected chi connectivity index (χ1v) is 7.67. The summed E-state index contributed by atoms with van der Waals surface area (Å²) in [5, 5.41) is 7.89. The molecule has 1 aromatic rings. The van der Waals surface area contributed by atoms with Gasteiger partial charge in [0.05, 0.1) is 6.04 Å². The van der Waals surface area contributed by atoms with Crippen LogP contribution in [0.25, 0.3) is 0 Å². The third kappa shape index (κ3) is 2.14. The number of thioether (sulfide) groups is 1. The van der Waals surface area contributed by atoms with Crippen LogP contribution in [0.2, 0.25) is 0 Å². The van der Waals surface area contributed by atoms with E-state index in [1.54, 1.807) is 17.8 Å². The third-order valence-corrected chi connectivity index (χ3v) is 4.78. The van der Waals surface area contributed by atoms with Crippen LogP contribution in [0.3, 0.4) is 0 Å². The minimum atomic E-state index is -0.145. The van der Waals surface area contributed by atoms with Crippen molar-refractivity contribution in [3.63, 3.8) is 0 Å². The fraction of sp³-hybridized carbons (Fsp3) is 0.429. The summed E-state index contributed by atoms with van der Waals surface area (Å²) in [7, 11) is 3.88. The Morgan fingerprint density at radius 1 is 1.45 bits per heavy atom. The summed E-state index contributed by atoms with van der Waals surface area (Å²) >= 11 is 1.77. The summed E-state index contributed by atoms with van der Waals surface area (Å²) in [6, 6.07) is 7.45. The average Bonchev–Trinajstić information content (AvgIpc) is 2.98. The lowest BCUT2D eigenvalue weighted by Crippen LogP contribution is -2.41. The molecule has 5 nitrogen and oxygen atoms in total. The molecule has 0 aliphatic carbocycles. The zero-order valence-corrected chi connectivity index (χ0v) is 12.3. The molecular formula is C14H17N3O2S. The molecule has 2 aliphatic heterocycles. The van der Waals surface area contributed by atoms with Crippen LogP contribution in [-0.4, -0.2) is 54.6 Å². The van der Waals surface area contributed by atoms with Gasteiger partial charge in [0.25, 0.3) is 11.9 Å². The first-order valence-electron chi connectivity index (χ1n) is 6.52. The van der Waals surface area contributed by atoms with E-state index in [-0.39, 0.29) is 24.1 Å². The minimum Gasteiger partial charge on any atom is -0.459 e. The van der Waals surface area contributed by atoms with E-state index in [1.807, 2.05) is 37.2 Å². The molecule has 0 bridgehead atoms. The lowest BCUT2D eigenvalue weighted by molar-refractivity contribution is 0.0823. The summed E-state index contributed by atoms with van der Waals surface area (Å²) in [5.41, 5.74) is 1.57. The Kier molecular flexibility index (Phi) is 3.33. The number of hydrogen-bond acceptors (Lipinski definition) is 5. The van der Waals surface area contributed by atoms with Crippen molar-refractivity contribution in [1.29, 1.82) is 5.41 Å². The zero-order valence-electron chi connectivity index (χ0n) is 11.5. The van der Waals surface area contributed by atoms with E-state index in [1.165, 1.54) is 4.90 Å². The Bertz CT molecular complexity index is 561. The van der Waals surface area contributed by atoms with Crippen molar-refractivity contribution in [2.75, 3.05) is 30.5 Å². The molecule has 2 saturated heterocycles. The molecule has 2 unspecified atom stereocenters. The Morgan fingerprint density at radius 3 is 3.00 bits per heavy atom. The van der Waals surface area contributed by atoms with Crippen molar-refractivity contribution in [2.24, 2.45) is 0 Å². The smallest absolute Gasteiger partial charge is 0.292 e. The molecule has 0 radical (unpaired) electrons. The SMILES string of the molecule is CN(C)c1cccc(C(=O)N2C(=N)OC3CSCC32)c1. The number of rotatable bonds is 2. The van der Waals surface area contributed by atoms with Crippen molar-refractivity contribution in [2.45, 2.75) is 12.1 Å². The van der Waals surface area contributed by atoms with Gasteiger partial charge in [0.2, 0.25) is 0 Å². The van der Waals surface area contributed by atoms with Crippen molar-refractivity contribution >= 4 is 29.4 Å². The van der Waals surface area contributed by atoms with Gasteiger partial charge in [-0.3, -0.25) is 15.1 Å².